The van der Waals surface area contributed by atoms with Crippen LogP contribution < -0.4 is 5.73 Å². The van der Waals surface area contributed by atoms with E-state index >= 15 is 0 Å². The average molecular weight is 221 g/mol. The normalized spacial score (nSPS) is 9.06. The minimum atomic E-state index is -0.333. The molecular weight excluding hydrogens is 210 g/mol. The molecule has 0 aliphatic carbocycles. The molecule has 2 heterocycles. The Morgan fingerprint density at radius 2 is 1.44 bits per heavy atom. The van der Waals surface area contributed by atoms with Crippen molar-refractivity contribution >= 4 is 11.9 Å². The highest BCUT2D eigenvalue weighted by molar-refractivity contribution is 5.78. The summed E-state index contributed by atoms with van der Waals surface area (Å²) in [6, 6.07) is -0.190. The highest BCUT2D eigenvalue weighted by atomic mass is 16.2. The Morgan fingerprint density at radius 1 is 1.06 bits per heavy atom. The topological polar surface area (TPSA) is 95.8 Å². The Hall–Kier alpha value is -2.44. The summed E-state index contributed by atoms with van der Waals surface area (Å²) < 4.78 is 2.75. The number of amides is 1. The number of carbonyl (C=O) groups excluding carboxylic acids is 2. The van der Waals surface area contributed by atoms with Crippen LogP contribution >= 0.6 is 0 Å². The summed E-state index contributed by atoms with van der Waals surface area (Å²) in [5, 5.41) is 0. The van der Waals surface area contributed by atoms with E-state index in [9.17, 15) is 9.59 Å². The highest BCUT2D eigenvalue weighted by Crippen LogP contribution is 1.91. The first-order chi connectivity index (χ1) is 7.61. The summed E-state index contributed by atoms with van der Waals surface area (Å²) >= 11 is 0. The van der Waals surface area contributed by atoms with Gasteiger partial charge < -0.3 is 5.73 Å². The van der Waals surface area contributed by atoms with Crippen molar-refractivity contribution in [1.82, 2.24) is 19.1 Å². The molecule has 7 heteroatoms. The summed E-state index contributed by atoms with van der Waals surface area (Å²) in [5.41, 5.74) is 4.47. The van der Waals surface area contributed by atoms with E-state index in [2.05, 4.69) is 15.7 Å². The molecule has 0 aromatic carbocycles. The standard InChI is InChI=1S/C7H6N4O.C2H5NO/c12-7(10-3-1-8-5-10)11-4-2-9-6-11;1-2(3)4/h1-6H;1H3,(H2,3,4). The smallest absolute Gasteiger partial charge is 0.338 e. The number of imidazole rings is 2. The Balaban J connectivity index is 0.000000280. The number of rotatable bonds is 0. The van der Waals surface area contributed by atoms with E-state index in [0.29, 0.717) is 0 Å². The minimum Gasteiger partial charge on any atom is -0.370 e. The van der Waals surface area contributed by atoms with Gasteiger partial charge in [0.2, 0.25) is 5.91 Å². The van der Waals surface area contributed by atoms with Gasteiger partial charge in [0.1, 0.15) is 12.7 Å². The van der Waals surface area contributed by atoms with E-state index in [1.165, 1.54) is 28.7 Å². The van der Waals surface area contributed by atoms with Crippen molar-refractivity contribution in [3.05, 3.63) is 37.4 Å². The lowest BCUT2D eigenvalue weighted by Crippen LogP contribution is -2.15. The van der Waals surface area contributed by atoms with Crippen molar-refractivity contribution in [2.75, 3.05) is 0 Å². The fraction of sp³-hybridized carbons (Fsp3) is 0.111. The molecule has 2 aromatic heterocycles. The van der Waals surface area contributed by atoms with Crippen molar-refractivity contribution in [2.45, 2.75) is 6.92 Å². The predicted octanol–water partition coefficient (Wildman–Crippen LogP) is 0.0876. The monoisotopic (exact) mass is 221 g/mol. The fourth-order valence-corrected chi connectivity index (χ4v) is 0.878. The Labute approximate surface area is 91.5 Å². The number of primary amides is 1. The highest BCUT2D eigenvalue weighted by Gasteiger charge is 2.03. The van der Waals surface area contributed by atoms with Crippen molar-refractivity contribution < 1.29 is 9.59 Å². The van der Waals surface area contributed by atoms with Crippen LogP contribution in [0.4, 0.5) is 4.79 Å². The van der Waals surface area contributed by atoms with Gasteiger partial charge in [-0.05, 0) is 0 Å². The lowest BCUT2D eigenvalue weighted by Gasteiger charge is -1.98. The van der Waals surface area contributed by atoms with Crippen molar-refractivity contribution in [3.8, 4) is 0 Å². The maximum absolute atomic E-state index is 11.4. The Morgan fingerprint density at radius 3 is 1.69 bits per heavy atom. The molecule has 1 amide bonds. The second-order valence-corrected chi connectivity index (χ2v) is 2.83. The largest absolute Gasteiger partial charge is 0.370 e. The molecule has 0 saturated heterocycles. The molecule has 2 rings (SSSR count). The van der Waals surface area contributed by atoms with E-state index < -0.39 is 0 Å². The molecule has 0 fully saturated rings. The van der Waals surface area contributed by atoms with Crippen LogP contribution in [-0.4, -0.2) is 31.0 Å². The molecule has 16 heavy (non-hydrogen) atoms. The maximum Gasteiger partial charge on any atom is 0.338 e. The lowest BCUT2D eigenvalue weighted by atomic mass is 10.8. The van der Waals surface area contributed by atoms with Gasteiger partial charge in [-0.2, -0.15) is 0 Å². The molecule has 2 aromatic rings. The summed E-state index contributed by atoms with van der Waals surface area (Å²) in [6.45, 7) is 1.31. The summed E-state index contributed by atoms with van der Waals surface area (Å²) in [5.74, 6) is -0.333. The van der Waals surface area contributed by atoms with E-state index in [4.69, 9.17) is 0 Å². The minimum absolute atomic E-state index is 0.190. The van der Waals surface area contributed by atoms with Crippen LogP contribution in [-0.2, 0) is 4.79 Å². The number of nitrogens with zero attached hydrogens (tertiary/aromatic N) is 4. The number of hydrogen-bond acceptors (Lipinski definition) is 4. The van der Waals surface area contributed by atoms with Crippen LogP contribution in [0.25, 0.3) is 0 Å². The lowest BCUT2D eigenvalue weighted by molar-refractivity contribution is -0.115. The van der Waals surface area contributed by atoms with Gasteiger partial charge in [0.05, 0.1) is 0 Å². The molecule has 0 bridgehead atoms. The SMILES string of the molecule is CC(N)=O.O=C(n1ccnc1)n1ccnc1. The van der Waals surface area contributed by atoms with Gasteiger partial charge in [-0.1, -0.05) is 0 Å². The third kappa shape index (κ3) is 3.37. The van der Waals surface area contributed by atoms with Crippen LogP contribution in [0, 0.1) is 0 Å². The third-order valence-corrected chi connectivity index (χ3v) is 1.45. The van der Waals surface area contributed by atoms with Crippen LogP contribution in [0.5, 0.6) is 0 Å². The third-order valence-electron chi connectivity index (χ3n) is 1.45. The van der Waals surface area contributed by atoms with Crippen molar-refractivity contribution in [3.63, 3.8) is 0 Å². The van der Waals surface area contributed by atoms with Crippen LogP contribution in [0.15, 0.2) is 37.4 Å². The molecule has 0 saturated carbocycles. The molecule has 7 nitrogen and oxygen atoms in total. The van der Waals surface area contributed by atoms with E-state index in [1.54, 1.807) is 24.8 Å². The van der Waals surface area contributed by atoms with Crippen LogP contribution in [0.3, 0.4) is 0 Å². The van der Waals surface area contributed by atoms with Gasteiger partial charge in [-0.25, -0.2) is 14.8 Å². The number of hydrogen-bond donors (Lipinski definition) is 1. The quantitative estimate of drug-likeness (QED) is 0.681. The molecule has 2 N–H and O–H groups in total. The van der Waals surface area contributed by atoms with E-state index in [-0.39, 0.29) is 11.9 Å². The van der Waals surface area contributed by atoms with Gasteiger partial charge in [0, 0.05) is 31.7 Å². The molecule has 0 unspecified atom stereocenters. The molecule has 0 aliphatic heterocycles. The van der Waals surface area contributed by atoms with Gasteiger partial charge in [0.15, 0.2) is 0 Å². The Kier molecular flexibility index (Phi) is 3.96. The second-order valence-electron chi connectivity index (χ2n) is 2.83. The zero-order valence-corrected chi connectivity index (χ0v) is 8.65. The number of nitrogens with two attached hydrogens (primary N) is 1. The van der Waals surface area contributed by atoms with Gasteiger partial charge in [-0.15, -0.1) is 0 Å². The average Bonchev–Trinajstić information content (AvgIpc) is 2.90. The maximum atomic E-state index is 11.4. The molecule has 0 atom stereocenters. The zero-order chi connectivity index (χ0) is 12.0. The number of aromatic nitrogens is 4. The zero-order valence-electron chi connectivity index (χ0n) is 8.65. The first kappa shape index (κ1) is 11.6. The molecule has 0 radical (unpaired) electrons. The number of carbonyl (C=O) groups is 2. The van der Waals surface area contributed by atoms with Gasteiger partial charge in [0.25, 0.3) is 0 Å². The van der Waals surface area contributed by atoms with Gasteiger partial charge in [-0.3, -0.25) is 13.9 Å². The second kappa shape index (κ2) is 5.44. The fourth-order valence-electron chi connectivity index (χ4n) is 0.878. The predicted molar refractivity (Wildman–Crippen MR) is 55.5 cm³/mol. The Bertz CT molecular complexity index is 406. The summed E-state index contributed by atoms with van der Waals surface area (Å²) in [4.78, 5) is 28.2. The first-order valence-electron chi connectivity index (χ1n) is 4.38. The molecule has 0 spiro atoms. The van der Waals surface area contributed by atoms with Gasteiger partial charge >= 0.3 is 6.03 Å². The van der Waals surface area contributed by atoms with Crippen LogP contribution in [0.1, 0.15) is 6.92 Å². The van der Waals surface area contributed by atoms with Crippen molar-refractivity contribution in [2.24, 2.45) is 5.73 Å². The van der Waals surface area contributed by atoms with E-state index in [1.807, 2.05) is 0 Å². The van der Waals surface area contributed by atoms with E-state index in [0.717, 1.165) is 0 Å². The summed E-state index contributed by atoms with van der Waals surface area (Å²) in [6.07, 6.45) is 9.17. The molecule has 0 aliphatic rings. The molecular formula is C9H11N5O2. The van der Waals surface area contributed by atoms with Crippen molar-refractivity contribution in [1.29, 1.82) is 0 Å². The van der Waals surface area contributed by atoms with Crippen LogP contribution in [0.2, 0.25) is 0 Å². The summed E-state index contributed by atoms with van der Waals surface area (Å²) in [7, 11) is 0. The molecule has 84 valence electrons. The first-order valence-corrected chi connectivity index (χ1v) is 4.38.